The van der Waals surface area contributed by atoms with Gasteiger partial charge in [0, 0.05) is 12.5 Å². The molecule has 0 aliphatic carbocycles. The number of amides is 1. The first-order valence-electron chi connectivity index (χ1n) is 3.72. The number of carboxylic acids is 1. The van der Waals surface area contributed by atoms with Crippen molar-refractivity contribution < 1.29 is 18.9 Å². The van der Waals surface area contributed by atoms with Crippen molar-refractivity contribution in [2.75, 3.05) is 5.75 Å². The monoisotopic (exact) mass is 273 g/mol. The lowest BCUT2D eigenvalue weighted by Gasteiger charge is -2.11. The number of carboxylic acid groups (broad SMARTS) is 1. The Hall–Kier alpha value is -0.590. The molecule has 0 radical (unpaired) electrons. The average Bonchev–Trinajstić information content (AvgIpc) is 2.14. The van der Waals surface area contributed by atoms with Crippen molar-refractivity contribution in [1.82, 2.24) is 5.32 Å². The van der Waals surface area contributed by atoms with Crippen LogP contribution in [0, 0.1) is 0 Å². The van der Waals surface area contributed by atoms with Gasteiger partial charge in [0.15, 0.2) is 0 Å². The predicted molar refractivity (Wildman–Crippen MR) is 58.0 cm³/mol. The van der Waals surface area contributed by atoms with Gasteiger partial charge in [-0.15, -0.1) is 0 Å². The Morgan fingerprint density at radius 1 is 1.60 bits per heavy atom. The van der Waals surface area contributed by atoms with E-state index < -0.39 is 28.7 Å². The fourth-order valence-corrected chi connectivity index (χ4v) is 1.98. The molecule has 0 aliphatic rings. The summed E-state index contributed by atoms with van der Waals surface area (Å²) in [7, 11) is -1.73. The Bertz CT molecular complexity index is 318. The van der Waals surface area contributed by atoms with Crippen molar-refractivity contribution in [2.45, 2.75) is 13.0 Å². The zero-order chi connectivity index (χ0) is 12.0. The molecular weight excluding hydrogens is 265 g/mol. The van der Waals surface area contributed by atoms with E-state index >= 15 is 0 Å². The SMILES string of the molecule is CC(=O)N[C@@H](CS(=O)/C(Cl)=C/Cl)C(=O)O. The quantitative estimate of drug-likeness (QED) is 0.769. The molecule has 86 valence electrons. The highest BCUT2D eigenvalue weighted by Gasteiger charge is 2.22. The highest BCUT2D eigenvalue weighted by Crippen LogP contribution is 2.10. The Kier molecular flexibility index (Phi) is 6.55. The number of hydrogen-bond acceptors (Lipinski definition) is 3. The van der Waals surface area contributed by atoms with Crippen LogP contribution in [0.1, 0.15) is 6.92 Å². The van der Waals surface area contributed by atoms with E-state index in [4.69, 9.17) is 28.3 Å². The maximum absolute atomic E-state index is 11.3. The molecule has 0 spiro atoms. The number of carbonyl (C=O) groups excluding carboxylic acids is 1. The van der Waals surface area contributed by atoms with Crippen molar-refractivity contribution in [3.63, 3.8) is 0 Å². The predicted octanol–water partition coefficient (Wildman–Crippen LogP) is 0.601. The Labute approximate surface area is 98.9 Å². The fourth-order valence-electron chi connectivity index (χ4n) is 0.701. The maximum atomic E-state index is 11.3. The lowest BCUT2D eigenvalue weighted by molar-refractivity contribution is -0.140. The molecule has 0 aromatic heterocycles. The van der Waals surface area contributed by atoms with Crippen LogP contribution in [0.2, 0.25) is 0 Å². The van der Waals surface area contributed by atoms with Crippen molar-refractivity contribution in [1.29, 1.82) is 0 Å². The van der Waals surface area contributed by atoms with Gasteiger partial charge in [0.05, 0.1) is 16.6 Å². The molecule has 0 saturated heterocycles. The van der Waals surface area contributed by atoms with Crippen molar-refractivity contribution in [3.8, 4) is 0 Å². The van der Waals surface area contributed by atoms with Gasteiger partial charge in [-0.1, -0.05) is 23.2 Å². The molecule has 0 heterocycles. The summed E-state index contributed by atoms with van der Waals surface area (Å²) in [4.78, 5) is 21.3. The molecule has 5 nitrogen and oxygen atoms in total. The summed E-state index contributed by atoms with van der Waals surface area (Å²) in [6.07, 6.45) is 0. The minimum Gasteiger partial charge on any atom is -0.480 e. The molecule has 2 N–H and O–H groups in total. The zero-order valence-corrected chi connectivity index (χ0v) is 10.0. The van der Waals surface area contributed by atoms with Crippen molar-refractivity contribution in [2.24, 2.45) is 0 Å². The lowest BCUT2D eigenvalue weighted by Crippen LogP contribution is -2.43. The molecule has 1 unspecified atom stereocenters. The van der Waals surface area contributed by atoms with Gasteiger partial charge >= 0.3 is 5.97 Å². The second kappa shape index (κ2) is 6.81. The minimum atomic E-state index is -1.73. The van der Waals surface area contributed by atoms with Crippen LogP contribution in [0.5, 0.6) is 0 Å². The average molecular weight is 274 g/mol. The number of nitrogens with one attached hydrogen (secondary N) is 1. The van der Waals surface area contributed by atoms with Crippen LogP contribution in [-0.4, -0.2) is 33.0 Å². The summed E-state index contributed by atoms with van der Waals surface area (Å²) < 4.78 is 11.1. The standard InChI is InChI=1S/C7H9Cl2NO4S/c1-4(11)10-5(7(12)13)3-15(14)6(9)2-8/h2,5H,3H2,1H3,(H,10,11)(H,12,13)/b6-2+/t5-,15?/m0/s1. The fraction of sp³-hybridized carbons (Fsp3) is 0.429. The summed E-state index contributed by atoms with van der Waals surface area (Å²) in [6.45, 7) is 1.16. The lowest BCUT2D eigenvalue weighted by atomic mass is 10.3. The molecule has 0 saturated carbocycles. The minimum absolute atomic E-state index is 0.159. The largest absolute Gasteiger partial charge is 0.480 e. The Morgan fingerprint density at radius 2 is 2.13 bits per heavy atom. The second-order valence-corrected chi connectivity index (χ2v) is 4.83. The third kappa shape index (κ3) is 5.76. The van der Waals surface area contributed by atoms with Crippen LogP contribution in [0.4, 0.5) is 0 Å². The number of aliphatic carboxylic acids is 1. The first kappa shape index (κ1) is 14.4. The van der Waals surface area contributed by atoms with Crippen LogP contribution >= 0.6 is 23.2 Å². The molecule has 0 aromatic carbocycles. The summed E-state index contributed by atoms with van der Waals surface area (Å²) >= 11 is 10.6. The summed E-state index contributed by atoms with van der Waals surface area (Å²) in [5.74, 6) is -2.13. The van der Waals surface area contributed by atoms with Crippen LogP contribution in [-0.2, 0) is 20.4 Å². The molecule has 0 aromatic rings. The van der Waals surface area contributed by atoms with Crippen LogP contribution < -0.4 is 5.32 Å². The third-order valence-corrected chi connectivity index (χ3v) is 3.57. The first-order valence-corrected chi connectivity index (χ1v) is 5.86. The highest BCUT2D eigenvalue weighted by molar-refractivity contribution is 7.90. The van der Waals surface area contributed by atoms with Gasteiger partial charge in [-0.2, -0.15) is 0 Å². The number of carbonyl (C=O) groups is 2. The molecule has 0 bridgehead atoms. The molecule has 15 heavy (non-hydrogen) atoms. The van der Waals surface area contributed by atoms with E-state index in [1.807, 2.05) is 0 Å². The van der Waals surface area contributed by atoms with Crippen LogP contribution in [0.3, 0.4) is 0 Å². The van der Waals surface area contributed by atoms with Gasteiger partial charge < -0.3 is 10.4 Å². The Morgan fingerprint density at radius 3 is 2.47 bits per heavy atom. The van der Waals surface area contributed by atoms with Crippen molar-refractivity contribution in [3.05, 3.63) is 9.90 Å². The normalized spacial score (nSPS) is 15.5. The van der Waals surface area contributed by atoms with E-state index in [0.29, 0.717) is 0 Å². The van der Waals surface area contributed by atoms with E-state index in [9.17, 15) is 13.8 Å². The van der Waals surface area contributed by atoms with E-state index in [0.717, 1.165) is 12.5 Å². The van der Waals surface area contributed by atoms with Gasteiger partial charge in [0.2, 0.25) is 5.91 Å². The number of halogens is 2. The maximum Gasteiger partial charge on any atom is 0.327 e. The summed E-state index contributed by atoms with van der Waals surface area (Å²) in [6, 6.07) is -1.24. The third-order valence-electron chi connectivity index (χ3n) is 1.30. The van der Waals surface area contributed by atoms with E-state index in [2.05, 4.69) is 5.32 Å². The van der Waals surface area contributed by atoms with E-state index in [-0.39, 0.29) is 10.1 Å². The molecule has 0 aliphatic heterocycles. The van der Waals surface area contributed by atoms with E-state index in [1.54, 1.807) is 0 Å². The molecule has 8 heteroatoms. The molecule has 0 fully saturated rings. The number of hydrogen-bond donors (Lipinski definition) is 2. The number of rotatable bonds is 5. The van der Waals surface area contributed by atoms with Crippen LogP contribution in [0.15, 0.2) is 9.90 Å². The van der Waals surface area contributed by atoms with Gasteiger partial charge in [-0.3, -0.25) is 9.00 Å². The second-order valence-electron chi connectivity index (χ2n) is 2.52. The van der Waals surface area contributed by atoms with Crippen LogP contribution in [0.25, 0.3) is 0 Å². The highest BCUT2D eigenvalue weighted by atomic mass is 35.5. The van der Waals surface area contributed by atoms with Gasteiger partial charge in [-0.05, 0) is 0 Å². The molecular formula is C7H9Cl2NO4S. The van der Waals surface area contributed by atoms with Crippen molar-refractivity contribution >= 4 is 45.9 Å². The van der Waals surface area contributed by atoms with Gasteiger partial charge in [-0.25, -0.2) is 4.79 Å². The topological polar surface area (TPSA) is 83.5 Å². The molecule has 1 amide bonds. The molecule has 2 atom stereocenters. The Balaban J connectivity index is 4.49. The van der Waals surface area contributed by atoms with Gasteiger partial charge in [0.1, 0.15) is 10.4 Å². The zero-order valence-electron chi connectivity index (χ0n) is 7.70. The van der Waals surface area contributed by atoms with E-state index in [1.165, 1.54) is 0 Å². The van der Waals surface area contributed by atoms with Gasteiger partial charge in [0.25, 0.3) is 0 Å². The first-order chi connectivity index (χ1) is 6.88. The summed E-state index contributed by atoms with van der Waals surface area (Å²) in [5, 5.41) is 10.8. The smallest absolute Gasteiger partial charge is 0.327 e. The summed E-state index contributed by atoms with van der Waals surface area (Å²) in [5.41, 5.74) is 0.893. The molecule has 0 rings (SSSR count).